The van der Waals surface area contributed by atoms with E-state index < -0.39 is 0 Å². The lowest BCUT2D eigenvalue weighted by atomic mass is 10.4. The van der Waals surface area contributed by atoms with Gasteiger partial charge >= 0.3 is 0 Å². The Morgan fingerprint density at radius 1 is 1.25 bits per heavy atom. The second kappa shape index (κ2) is 4.65. The van der Waals surface area contributed by atoms with Crippen LogP contribution in [0.1, 0.15) is 0 Å². The zero-order valence-corrected chi connectivity index (χ0v) is 11.6. The van der Waals surface area contributed by atoms with Gasteiger partial charge in [0.05, 0.1) is 15.7 Å². The molecule has 0 atom stereocenters. The minimum Gasteiger partial charge on any atom is -0.266 e. The first-order chi connectivity index (χ1) is 7.59. The monoisotopic (exact) mass is 363 g/mol. The first kappa shape index (κ1) is 11.8. The van der Waals surface area contributed by atoms with Crippen molar-refractivity contribution in [1.82, 2.24) is 14.8 Å². The predicted octanol–water partition coefficient (Wildman–Crippen LogP) is 2.81. The average molecular weight is 365 g/mol. The second-order valence-electron chi connectivity index (χ2n) is 2.86. The standard InChI is InChI=1S/C9H4Br2ClN3O/c10-6-4-14-15(9(16)8(6)11)7-2-1-5(12)3-13-7/h1-4H. The predicted molar refractivity (Wildman–Crippen MR) is 68.0 cm³/mol. The number of rotatable bonds is 1. The summed E-state index contributed by atoms with van der Waals surface area (Å²) < 4.78 is 2.19. The first-order valence-electron chi connectivity index (χ1n) is 4.15. The Hall–Kier alpha value is -0.720. The lowest BCUT2D eigenvalue weighted by Gasteiger charge is -2.04. The van der Waals surface area contributed by atoms with Crippen LogP contribution in [-0.4, -0.2) is 14.8 Å². The molecule has 0 aliphatic rings. The van der Waals surface area contributed by atoms with Crippen molar-refractivity contribution >= 4 is 43.5 Å². The summed E-state index contributed by atoms with van der Waals surface area (Å²) in [6.07, 6.45) is 2.97. The molecule has 0 saturated carbocycles. The van der Waals surface area contributed by atoms with Crippen LogP contribution in [0.3, 0.4) is 0 Å². The van der Waals surface area contributed by atoms with E-state index in [-0.39, 0.29) is 5.56 Å². The molecule has 0 bridgehead atoms. The first-order valence-corrected chi connectivity index (χ1v) is 6.11. The van der Waals surface area contributed by atoms with E-state index >= 15 is 0 Å². The van der Waals surface area contributed by atoms with Crippen LogP contribution in [0, 0.1) is 0 Å². The molecular formula is C9H4Br2ClN3O. The van der Waals surface area contributed by atoms with Crippen LogP contribution in [0.15, 0.2) is 38.3 Å². The highest BCUT2D eigenvalue weighted by Gasteiger charge is 2.08. The highest BCUT2D eigenvalue weighted by atomic mass is 79.9. The molecule has 0 fully saturated rings. The van der Waals surface area contributed by atoms with Crippen molar-refractivity contribution in [3.8, 4) is 5.82 Å². The molecule has 16 heavy (non-hydrogen) atoms. The Labute approximate surface area is 113 Å². The van der Waals surface area contributed by atoms with E-state index in [1.54, 1.807) is 12.1 Å². The fourth-order valence-corrected chi connectivity index (χ4v) is 1.71. The topological polar surface area (TPSA) is 47.8 Å². The van der Waals surface area contributed by atoms with E-state index in [2.05, 4.69) is 41.9 Å². The van der Waals surface area contributed by atoms with Crippen LogP contribution in [-0.2, 0) is 0 Å². The maximum Gasteiger partial charge on any atom is 0.288 e. The summed E-state index contributed by atoms with van der Waals surface area (Å²) in [6.45, 7) is 0. The van der Waals surface area contributed by atoms with E-state index in [4.69, 9.17) is 11.6 Å². The smallest absolute Gasteiger partial charge is 0.266 e. The van der Waals surface area contributed by atoms with E-state index in [0.717, 1.165) is 0 Å². The molecule has 0 aromatic carbocycles. The van der Waals surface area contributed by atoms with Gasteiger partial charge in [-0.15, -0.1) is 0 Å². The van der Waals surface area contributed by atoms with E-state index in [1.165, 1.54) is 17.1 Å². The molecular weight excluding hydrogens is 361 g/mol. The highest BCUT2D eigenvalue weighted by molar-refractivity contribution is 9.13. The Balaban J connectivity index is 2.61. The van der Waals surface area contributed by atoms with Crippen LogP contribution in [0.4, 0.5) is 0 Å². The highest BCUT2D eigenvalue weighted by Crippen LogP contribution is 2.17. The molecule has 2 heterocycles. The van der Waals surface area contributed by atoms with Crippen molar-refractivity contribution in [1.29, 1.82) is 0 Å². The van der Waals surface area contributed by atoms with Crippen LogP contribution in [0.25, 0.3) is 5.82 Å². The largest absolute Gasteiger partial charge is 0.288 e. The Morgan fingerprint density at radius 3 is 2.62 bits per heavy atom. The summed E-state index contributed by atoms with van der Waals surface area (Å²) in [5.41, 5.74) is -0.288. The molecule has 2 aromatic rings. The van der Waals surface area contributed by atoms with Gasteiger partial charge in [-0.3, -0.25) is 4.79 Å². The lowest BCUT2D eigenvalue weighted by Crippen LogP contribution is -2.22. The average Bonchev–Trinajstić information content (AvgIpc) is 2.28. The maximum atomic E-state index is 11.8. The zero-order valence-electron chi connectivity index (χ0n) is 7.69. The van der Waals surface area contributed by atoms with E-state index in [0.29, 0.717) is 19.8 Å². The van der Waals surface area contributed by atoms with Crippen molar-refractivity contribution in [3.63, 3.8) is 0 Å². The summed E-state index contributed by atoms with van der Waals surface area (Å²) in [4.78, 5) is 15.8. The van der Waals surface area contributed by atoms with Gasteiger partial charge in [-0.25, -0.2) is 4.98 Å². The maximum absolute atomic E-state index is 11.8. The summed E-state index contributed by atoms with van der Waals surface area (Å²) in [5, 5.41) is 4.47. The number of halogens is 3. The number of aromatic nitrogens is 3. The fourth-order valence-electron chi connectivity index (χ4n) is 1.07. The third-order valence-corrected chi connectivity index (χ3v) is 3.93. The van der Waals surface area contributed by atoms with Crippen molar-refractivity contribution < 1.29 is 0 Å². The molecule has 2 aromatic heterocycles. The molecule has 0 amide bonds. The van der Waals surface area contributed by atoms with Gasteiger partial charge in [0, 0.05) is 6.20 Å². The van der Waals surface area contributed by atoms with Crippen LogP contribution >= 0.6 is 43.5 Å². The summed E-state index contributed by atoms with van der Waals surface area (Å²) >= 11 is 12.1. The quantitative estimate of drug-likeness (QED) is 0.781. The molecule has 0 aliphatic heterocycles. The van der Waals surface area contributed by atoms with Crippen molar-refractivity contribution in [2.45, 2.75) is 0 Å². The van der Waals surface area contributed by atoms with Crippen molar-refractivity contribution in [3.05, 3.63) is 48.8 Å². The third-order valence-electron chi connectivity index (χ3n) is 1.81. The minimum atomic E-state index is -0.288. The van der Waals surface area contributed by atoms with Gasteiger partial charge in [0.15, 0.2) is 5.82 Å². The Morgan fingerprint density at radius 2 is 2.00 bits per heavy atom. The van der Waals surface area contributed by atoms with Crippen LogP contribution in [0.5, 0.6) is 0 Å². The molecule has 7 heteroatoms. The zero-order chi connectivity index (χ0) is 11.7. The molecule has 4 nitrogen and oxygen atoms in total. The number of pyridine rings is 1. The van der Waals surface area contributed by atoms with Gasteiger partial charge in [0.25, 0.3) is 5.56 Å². The number of hydrogen-bond acceptors (Lipinski definition) is 3. The van der Waals surface area contributed by atoms with Crippen LogP contribution < -0.4 is 5.56 Å². The van der Waals surface area contributed by atoms with Crippen molar-refractivity contribution in [2.24, 2.45) is 0 Å². The Kier molecular flexibility index (Phi) is 3.41. The summed E-state index contributed by atoms with van der Waals surface area (Å²) in [6, 6.07) is 3.27. The molecule has 82 valence electrons. The molecule has 0 unspecified atom stereocenters. The van der Waals surface area contributed by atoms with Crippen molar-refractivity contribution in [2.75, 3.05) is 0 Å². The summed E-state index contributed by atoms with van der Waals surface area (Å²) in [5.74, 6) is 0.419. The molecule has 0 N–H and O–H groups in total. The third kappa shape index (κ3) is 2.18. The van der Waals surface area contributed by atoms with Gasteiger partial charge in [-0.2, -0.15) is 9.78 Å². The van der Waals surface area contributed by atoms with Gasteiger partial charge in [-0.05, 0) is 44.0 Å². The minimum absolute atomic E-state index is 0.288. The van der Waals surface area contributed by atoms with Gasteiger partial charge in [0.1, 0.15) is 4.47 Å². The van der Waals surface area contributed by atoms with E-state index in [1.807, 2.05) is 0 Å². The Bertz CT molecular complexity index is 582. The second-order valence-corrected chi connectivity index (χ2v) is 4.94. The van der Waals surface area contributed by atoms with Gasteiger partial charge in [-0.1, -0.05) is 11.6 Å². The molecule has 0 saturated heterocycles. The molecule has 0 spiro atoms. The summed E-state index contributed by atoms with van der Waals surface area (Å²) in [7, 11) is 0. The van der Waals surface area contributed by atoms with Gasteiger partial charge in [0.2, 0.25) is 0 Å². The molecule has 2 rings (SSSR count). The number of nitrogens with zero attached hydrogens (tertiary/aromatic N) is 3. The van der Waals surface area contributed by atoms with E-state index in [9.17, 15) is 4.79 Å². The van der Waals surface area contributed by atoms with Gasteiger partial charge < -0.3 is 0 Å². The number of hydrogen-bond donors (Lipinski definition) is 0. The molecule has 0 aliphatic carbocycles. The normalized spacial score (nSPS) is 10.4. The SMILES string of the molecule is O=c1c(Br)c(Br)cnn1-c1ccc(Cl)cn1. The lowest BCUT2D eigenvalue weighted by molar-refractivity contribution is 0.772. The molecule has 0 radical (unpaired) electrons. The fraction of sp³-hybridized carbons (Fsp3) is 0. The van der Waals surface area contributed by atoms with Crippen LogP contribution in [0.2, 0.25) is 5.02 Å².